The quantitative estimate of drug-likeness (QED) is 0.453. The Morgan fingerprint density at radius 1 is 1.08 bits per heavy atom. The summed E-state index contributed by atoms with van der Waals surface area (Å²) in [6.45, 7) is 0. The van der Waals surface area contributed by atoms with Crippen molar-refractivity contribution in [3.8, 4) is 5.69 Å². The van der Waals surface area contributed by atoms with Crippen LogP contribution < -0.4 is 10.7 Å². The molecule has 3 aromatic rings. The van der Waals surface area contributed by atoms with E-state index in [1.807, 2.05) is 47.2 Å². The minimum atomic E-state index is -0.467. The van der Waals surface area contributed by atoms with E-state index in [1.54, 1.807) is 30.5 Å². The lowest BCUT2D eigenvalue weighted by atomic mass is 10.3. The highest BCUT2D eigenvalue weighted by Gasteiger charge is 2.04. The largest absolute Gasteiger partial charge is 0.339 e. The second-order valence-electron chi connectivity index (χ2n) is 5.08. The molecule has 0 aliphatic rings. The second kappa shape index (κ2) is 8.00. The van der Waals surface area contributed by atoms with Gasteiger partial charge in [-0.05, 0) is 48.5 Å². The normalized spacial score (nSPS) is 10.8. The minimum Gasteiger partial charge on any atom is -0.316 e. The molecular formula is C18H14BrClN4O. The van der Waals surface area contributed by atoms with Gasteiger partial charge in [-0.3, -0.25) is 0 Å². The lowest BCUT2D eigenvalue weighted by Crippen LogP contribution is -2.24. The number of carbonyl (C=O) groups is 1. The highest BCUT2D eigenvalue weighted by atomic mass is 79.9. The van der Waals surface area contributed by atoms with Gasteiger partial charge in [-0.15, -0.1) is 0 Å². The number of para-hydroxylation sites is 1. The maximum atomic E-state index is 11.9. The van der Waals surface area contributed by atoms with Gasteiger partial charge in [-0.25, -0.2) is 10.2 Å². The summed E-state index contributed by atoms with van der Waals surface area (Å²) < 4.78 is 2.97. The number of halogens is 2. The average molecular weight is 418 g/mol. The van der Waals surface area contributed by atoms with Crippen LogP contribution in [-0.2, 0) is 0 Å². The Kier molecular flexibility index (Phi) is 5.53. The maximum absolute atomic E-state index is 11.9. The number of nitrogens with one attached hydrogen (secondary N) is 2. The molecule has 0 radical (unpaired) electrons. The fourth-order valence-corrected chi connectivity index (χ4v) is 2.65. The van der Waals surface area contributed by atoms with Crippen LogP contribution in [0.15, 0.2) is 76.4 Å². The number of hydrogen-bond acceptors (Lipinski definition) is 2. The number of nitrogens with zero attached hydrogens (tertiary/aromatic N) is 2. The highest BCUT2D eigenvalue weighted by molar-refractivity contribution is 9.10. The molecule has 0 atom stereocenters. The van der Waals surface area contributed by atoms with Crippen molar-refractivity contribution >= 4 is 45.5 Å². The maximum Gasteiger partial charge on any atom is 0.339 e. The van der Waals surface area contributed by atoms with Crippen LogP contribution in [0.25, 0.3) is 5.69 Å². The second-order valence-corrected chi connectivity index (χ2v) is 6.41. The molecule has 7 heteroatoms. The Bertz CT molecular complexity index is 905. The monoisotopic (exact) mass is 416 g/mol. The molecule has 0 unspecified atom stereocenters. The molecule has 3 rings (SSSR count). The van der Waals surface area contributed by atoms with Crippen molar-refractivity contribution in [3.63, 3.8) is 0 Å². The van der Waals surface area contributed by atoms with Crippen LogP contribution in [0.1, 0.15) is 5.69 Å². The first-order chi connectivity index (χ1) is 12.1. The third kappa shape index (κ3) is 4.49. The molecule has 0 aliphatic carbocycles. The van der Waals surface area contributed by atoms with Crippen LogP contribution in [0.4, 0.5) is 10.5 Å². The number of hydrazone groups is 1. The zero-order chi connectivity index (χ0) is 17.6. The first-order valence-electron chi connectivity index (χ1n) is 7.41. The Morgan fingerprint density at radius 2 is 1.84 bits per heavy atom. The first-order valence-corrected chi connectivity index (χ1v) is 8.58. The zero-order valence-corrected chi connectivity index (χ0v) is 15.3. The molecule has 126 valence electrons. The van der Waals surface area contributed by atoms with Crippen LogP contribution in [0, 0.1) is 0 Å². The molecule has 0 aliphatic heterocycles. The summed E-state index contributed by atoms with van der Waals surface area (Å²) in [6, 6.07) is 18.2. The molecule has 1 aromatic heterocycles. The van der Waals surface area contributed by atoms with E-state index >= 15 is 0 Å². The van der Waals surface area contributed by atoms with Crippen molar-refractivity contribution in [1.82, 2.24) is 9.99 Å². The van der Waals surface area contributed by atoms with E-state index in [-0.39, 0.29) is 0 Å². The van der Waals surface area contributed by atoms with Crippen molar-refractivity contribution in [2.45, 2.75) is 0 Å². The van der Waals surface area contributed by atoms with Gasteiger partial charge in [0.1, 0.15) is 0 Å². The van der Waals surface area contributed by atoms with Crippen LogP contribution in [0.5, 0.6) is 0 Å². The summed E-state index contributed by atoms with van der Waals surface area (Å²) in [5.74, 6) is 0. The number of amides is 2. The number of anilines is 1. The van der Waals surface area contributed by atoms with E-state index in [4.69, 9.17) is 11.6 Å². The molecule has 5 nitrogen and oxygen atoms in total. The third-order valence-electron chi connectivity index (χ3n) is 3.37. The van der Waals surface area contributed by atoms with E-state index < -0.39 is 6.03 Å². The van der Waals surface area contributed by atoms with Crippen LogP contribution in [0.2, 0.25) is 5.02 Å². The van der Waals surface area contributed by atoms with Gasteiger partial charge in [0.25, 0.3) is 0 Å². The number of rotatable bonds is 4. The van der Waals surface area contributed by atoms with Crippen LogP contribution in [-0.4, -0.2) is 16.8 Å². The van der Waals surface area contributed by atoms with Crippen molar-refractivity contribution in [1.29, 1.82) is 0 Å². The Labute approximate surface area is 158 Å². The molecule has 0 bridgehead atoms. The van der Waals surface area contributed by atoms with E-state index in [2.05, 4.69) is 31.8 Å². The van der Waals surface area contributed by atoms with Crippen molar-refractivity contribution in [2.24, 2.45) is 5.10 Å². The number of hydrogen-bond donors (Lipinski definition) is 2. The van der Waals surface area contributed by atoms with E-state index in [0.717, 1.165) is 15.9 Å². The van der Waals surface area contributed by atoms with Crippen molar-refractivity contribution < 1.29 is 4.79 Å². The number of carbonyl (C=O) groups excluding carboxylic acids is 1. The summed E-state index contributed by atoms with van der Waals surface area (Å²) in [5.41, 5.74) is 4.78. The van der Waals surface area contributed by atoms with Crippen molar-refractivity contribution in [3.05, 3.63) is 82.0 Å². The molecule has 0 fully saturated rings. The Morgan fingerprint density at radius 3 is 2.60 bits per heavy atom. The molecule has 25 heavy (non-hydrogen) atoms. The predicted octanol–water partition coefficient (Wildman–Crippen LogP) is 5.05. The van der Waals surface area contributed by atoms with Gasteiger partial charge in [0, 0.05) is 16.4 Å². The summed E-state index contributed by atoms with van der Waals surface area (Å²) >= 11 is 9.41. The number of aromatic nitrogens is 1. The minimum absolute atomic E-state index is 0.464. The van der Waals surface area contributed by atoms with E-state index in [1.165, 1.54) is 0 Å². The van der Waals surface area contributed by atoms with Crippen LogP contribution in [0.3, 0.4) is 0 Å². The molecule has 0 saturated carbocycles. The molecule has 2 N–H and O–H groups in total. The first kappa shape index (κ1) is 17.3. The summed E-state index contributed by atoms with van der Waals surface area (Å²) in [4.78, 5) is 11.9. The van der Waals surface area contributed by atoms with Crippen molar-refractivity contribution in [2.75, 3.05) is 5.32 Å². The van der Waals surface area contributed by atoms with Crippen LogP contribution >= 0.6 is 27.5 Å². The molecule has 1 heterocycles. The van der Waals surface area contributed by atoms with Gasteiger partial charge in [0.15, 0.2) is 0 Å². The van der Waals surface area contributed by atoms with Gasteiger partial charge in [-0.2, -0.15) is 5.10 Å². The highest BCUT2D eigenvalue weighted by Crippen LogP contribution is 2.20. The lowest BCUT2D eigenvalue weighted by Gasteiger charge is -2.07. The Hall–Kier alpha value is -2.57. The molecular weight excluding hydrogens is 404 g/mol. The SMILES string of the molecule is O=C(N/N=C/c1cccn1-c1ccc(Br)cc1)Nc1ccccc1Cl. The van der Waals surface area contributed by atoms with E-state index in [9.17, 15) is 4.79 Å². The van der Waals surface area contributed by atoms with Gasteiger partial charge in [0.05, 0.1) is 22.6 Å². The van der Waals surface area contributed by atoms with Gasteiger partial charge < -0.3 is 9.88 Å². The Balaban J connectivity index is 1.65. The predicted molar refractivity (Wildman–Crippen MR) is 105 cm³/mol. The van der Waals surface area contributed by atoms with E-state index in [0.29, 0.717) is 10.7 Å². The summed E-state index contributed by atoms with van der Waals surface area (Å²) in [7, 11) is 0. The fraction of sp³-hybridized carbons (Fsp3) is 0. The van der Waals surface area contributed by atoms with Gasteiger partial charge in [0.2, 0.25) is 0 Å². The number of urea groups is 1. The standard InChI is InChI=1S/C18H14BrClN4O/c19-13-7-9-14(10-8-13)24-11-3-4-15(24)12-21-23-18(25)22-17-6-2-1-5-16(17)20/h1-12H,(H2,22,23,25)/b21-12+. The van der Waals surface area contributed by atoms with Gasteiger partial charge in [-0.1, -0.05) is 39.7 Å². The smallest absolute Gasteiger partial charge is 0.316 e. The summed E-state index contributed by atoms with van der Waals surface area (Å²) in [5, 5.41) is 7.08. The third-order valence-corrected chi connectivity index (χ3v) is 4.23. The van der Waals surface area contributed by atoms with Gasteiger partial charge >= 0.3 is 6.03 Å². The fourth-order valence-electron chi connectivity index (χ4n) is 2.21. The molecule has 2 amide bonds. The molecule has 2 aromatic carbocycles. The average Bonchev–Trinajstić information content (AvgIpc) is 3.06. The zero-order valence-electron chi connectivity index (χ0n) is 13.0. The number of benzene rings is 2. The molecule has 0 saturated heterocycles. The lowest BCUT2D eigenvalue weighted by molar-refractivity contribution is 0.252. The molecule has 0 spiro atoms. The topological polar surface area (TPSA) is 58.4 Å². The summed E-state index contributed by atoms with van der Waals surface area (Å²) in [6.07, 6.45) is 3.50.